The molecule has 4 rings (SSSR count). The molecule has 0 fully saturated rings. The van der Waals surface area contributed by atoms with Gasteiger partial charge >= 0.3 is 6.03 Å². The Morgan fingerprint density at radius 2 is 1.60 bits per heavy atom. The van der Waals surface area contributed by atoms with Gasteiger partial charge in [0.05, 0.1) is 25.9 Å². The molecule has 2 amide bonds. The lowest BCUT2D eigenvalue weighted by atomic mass is 10.1. The number of carbonyl (C=O) groups excluding carboxylic acids is 1. The molecule has 0 aliphatic carbocycles. The highest BCUT2D eigenvalue weighted by Crippen LogP contribution is 2.25. The van der Waals surface area contributed by atoms with Crippen LogP contribution in [0, 0.1) is 0 Å². The number of hydrogen-bond acceptors (Lipinski definition) is 4. The topological polar surface area (TPSA) is 68.6 Å². The van der Waals surface area contributed by atoms with Gasteiger partial charge in [0.25, 0.3) is 0 Å². The Morgan fingerprint density at radius 1 is 0.943 bits per heavy atom. The lowest BCUT2D eigenvalue weighted by Crippen LogP contribution is -2.39. The lowest BCUT2D eigenvalue weighted by molar-refractivity contribution is 0.193. The van der Waals surface area contributed by atoms with E-state index in [1.165, 1.54) is 5.56 Å². The molecule has 0 saturated heterocycles. The van der Waals surface area contributed by atoms with Crippen molar-refractivity contribution < 1.29 is 14.3 Å². The minimum absolute atomic E-state index is 0.177. The summed E-state index contributed by atoms with van der Waals surface area (Å²) >= 11 is 0. The molecule has 7 nitrogen and oxygen atoms in total. The van der Waals surface area contributed by atoms with Crippen molar-refractivity contribution in [3.8, 4) is 22.8 Å². The molecule has 1 aromatic heterocycles. The van der Waals surface area contributed by atoms with Crippen LogP contribution in [0.5, 0.6) is 11.5 Å². The molecule has 0 aliphatic heterocycles. The zero-order valence-electron chi connectivity index (χ0n) is 20.1. The average Bonchev–Trinajstić information content (AvgIpc) is 3.31. The van der Waals surface area contributed by atoms with Gasteiger partial charge in [-0.25, -0.2) is 4.79 Å². The second-order valence-corrected chi connectivity index (χ2v) is 8.13. The van der Waals surface area contributed by atoms with E-state index in [4.69, 9.17) is 14.6 Å². The number of benzene rings is 3. The van der Waals surface area contributed by atoms with Gasteiger partial charge in [0.15, 0.2) is 11.5 Å². The van der Waals surface area contributed by atoms with Crippen LogP contribution in [-0.4, -0.2) is 48.0 Å². The summed E-state index contributed by atoms with van der Waals surface area (Å²) in [5, 5.41) is 7.83. The Bertz CT molecular complexity index is 1230. The quantitative estimate of drug-likeness (QED) is 0.361. The standard InChI is InChI=1S/C28H30N4O3/c1-31(17-18-35-26-16-10-9-15-25(26)34-2)28(33)29-19-24-21-32(20-22-11-5-3-6-12-22)30-27(24)23-13-7-4-8-14-23/h3-16,21H,17-20H2,1-2H3,(H,29,33). The Labute approximate surface area is 205 Å². The van der Waals surface area contributed by atoms with Gasteiger partial charge in [-0.2, -0.15) is 5.10 Å². The molecule has 0 radical (unpaired) electrons. The number of nitrogens with one attached hydrogen (secondary N) is 1. The summed E-state index contributed by atoms with van der Waals surface area (Å²) in [6.45, 7) is 1.82. The van der Waals surface area contributed by atoms with Crippen LogP contribution in [-0.2, 0) is 13.1 Å². The third kappa shape index (κ3) is 6.41. The van der Waals surface area contributed by atoms with Crippen molar-refractivity contribution in [2.24, 2.45) is 0 Å². The van der Waals surface area contributed by atoms with Crippen molar-refractivity contribution in [3.63, 3.8) is 0 Å². The minimum Gasteiger partial charge on any atom is -0.493 e. The fraction of sp³-hybridized carbons (Fsp3) is 0.214. The number of methoxy groups -OCH3 is 1. The van der Waals surface area contributed by atoms with Crippen molar-refractivity contribution in [2.45, 2.75) is 13.1 Å². The largest absolute Gasteiger partial charge is 0.493 e. The molecule has 0 saturated carbocycles. The molecule has 0 aliphatic rings. The summed E-state index contributed by atoms with van der Waals surface area (Å²) in [5.41, 5.74) is 4.00. The van der Waals surface area contributed by atoms with Gasteiger partial charge < -0.3 is 19.7 Å². The number of amides is 2. The normalized spacial score (nSPS) is 10.6. The average molecular weight is 471 g/mol. The number of nitrogens with zero attached hydrogens (tertiary/aromatic N) is 3. The first-order valence-corrected chi connectivity index (χ1v) is 11.5. The van der Waals surface area contributed by atoms with E-state index < -0.39 is 0 Å². The van der Waals surface area contributed by atoms with Crippen LogP contribution in [0.3, 0.4) is 0 Å². The zero-order chi connectivity index (χ0) is 24.5. The number of rotatable bonds is 10. The van der Waals surface area contributed by atoms with E-state index in [1.807, 2.05) is 83.7 Å². The van der Waals surface area contributed by atoms with Crippen LogP contribution >= 0.6 is 0 Å². The van der Waals surface area contributed by atoms with Gasteiger partial charge in [0.1, 0.15) is 6.61 Å². The van der Waals surface area contributed by atoms with Crippen LogP contribution in [0.4, 0.5) is 4.79 Å². The van der Waals surface area contributed by atoms with Crippen LogP contribution < -0.4 is 14.8 Å². The number of hydrogen-bond donors (Lipinski definition) is 1. The first-order chi connectivity index (χ1) is 17.1. The SMILES string of the molecule is COc1ccccc1OCCN(C)C(=O)NCc1cn(Cc2ccccc2)nc1-c1ccccc1. The molecule has 0 atom stereocenters. The molecule has 180 valence electrons. The zero-order valence-corrected chi connectivity index (χ0v) is 20.1. The number of carbonyl (C=O) groups is 1. The molecule has 0 spiro atoms. The first kappa shape index (κ1) is 23.9. The summed E-state index contributed by atoms with van der Waals surface area (Å²) in [6.07, 6.45) is 2.00. The van der Waals surface area contributed by atoms with Gasteiger partial charge in [-0.1, -0.05) is 72.8 Å². The third-order valence-corrected chi connectivity index (χ3v) is 5.60. The van der Waals surface area contributed by atoms with Crippen LogP contribution in [0.15, 0.2) is 91.1 Å². The monoisotopic (exact) mass is 470 g/mol. The number of ether oxygens (including phenoxy) is 2. The number of urea groups is 1. The van der Waals surface area contributed by atoms with Gasteiger partial charge in [0, 0.05) is 30.9 Å². The fourth-order valence-corrected chi connectivity index (χ4v) is 3.72. The van der Waals surface area contributed by atoms with Crippen molar-refractivity contribution >= 4 is 6.03 Å². The summed E-state index contributed by atoms with van der Waals surface area (Å²) in [7, 11) is 3.35. The van der Waals surface area contributed by atoms with E-state index in [2.05, 4.69) is 17.4 Å². The van der Waals surface area contributed by atoms with Crippen molar-refractivity contribution in [3.05, 3.63) is 102 Å². The summed E-state index contributed by atoms with van der Waals surface area (Å²) in [4.78, 5) is 14.3. The maximum Gasteiger partial charge on any atom is 0.317 e. The Morgan fingerprint density at radius 3 is 2.31 bits per heavy atom. The highest BCUT2D eigenvalue weighted by Gasteiger charge is 2.15. The molecule has 7 heteroatoms. The van der Waals surface area contributed by atoms with Gasteiger partial charge in [0.2, 0.25) is 0 Å². The Kier molecular flexibility index (Phi) is 8.01. The van der Waals surface area contributed by atoms with Crippen molar-refractivity contribution in [1.29, 1.82) is 0 Å². The third-order valence-electron chi connectivity index (χ3n) is 5.60. The van der Waals surface area contributed by atoms with E-state index >= 15 is 0 Å². The molecule has 3 aromatic carbocycles. The fourth-order valence-electron chi connectivity index (χ4n) is 3.72. The number of likely N-dealkylation sites (N-methyl/N-ethyl adjacent to an activating group) is 1. The second-order valence-electron chi connectivity index (χ2n) is 8.13. The molecular formula is C28H30N4O3. The molecule has 0 unspecified atom stereocenters. The van der Waals surface area contributed by atoms with E-state index in [0.29, 0.717) is 37.7 Å². The highest BCUT2D eigenvalue weighted by atomic mass is 16.5. The Hall–Kier alpha value is -4.26. The molecule has 1 N–H and O–H groups in total. The molecule has 0 bridgehead atoms. The molecule has 35 heavy (non-hydrogen) atoms. The lowest BCUT2D eigenvalue weighted by Gasteiger charge is -2.18. The van der Waals surface area contributed by atoms with Crippen LogP contribution in [0.2, 0.25) is 0 Å². The first-order valence-electron chi connectivity index (χ1n) is 11.5. The molecular weight excluding hydrogens is 440 g/mol. The van der Waals surface area contributed by atoms with E-state index in [1.54, 1.807) is 19.1 Å². The van der Waals surface area contributed by atoms with E-state index in [-0.39, 0.29) is 6.03 Å². The second kappa shape index (κ2) is 11.7. The van der Waals surface area contributed by atoms with Crippen molar-refractivity contribution in [2.75, 3.05) is 27.3 Å². The number of para-hydroxylation sites is 2. The van der Waals surface area contributed by atoms with Crippen LogP contribution in [0.25, 0.3) is 11.3 Å². The van der Waals surface area contributed by atoms with Crippen LogP contribution in [0.1, 0.15) is 11.1 Å². The van der Waals surface area contributed by atoms with Gasteiger partial charge in [-0.05, 0) is 17.7 Å². The van der Waals surface area contributed by atoms with E-state index in [0.717, 1.165) is 16.8 Å². The summed E-state index contributed by atoms with van der Waals surface area (Å²) < 4.78 is 13.0. The van der Waals surface area contributed by atoms with Gasteiger partial charge in [-0.15, -0.1) is 0 Å². The highest BCUT2D eigenvalue weighted by molar-refractivity contribution is 5.74. The number of aromatic nitrogens is 2. The Balaban J connectivity index is 1.38. The molecule has 4 aromatic rings. The van der Waals surface area contributed by atoms with Crippen molar-refractivity contribution in [1.82, 2.24) is 20.0 Å². The predicted molar refractivity (Wildman–Crippen MR) is 137 cm³/mol. The predicted octanol–water partition coefficient (Wildman–Crippen LogP) is 4.83. The smallest absolute Gasteiger partial charge is 0.317 e. The maximum atomic E-state index is 12.7. The summed E-state index contributed by atoms with van der Waals surface area (Å²) in [5.74, 6) is 1.32. The summed E-state index contributed by atoms with van der Waals surface area (Å²) in [6, 6.07) is 27.5. The molecule has 1 heterocycles. The minimum atomic E-state index is -0.177. The van der Waals surface area contributed by atoms with E-state index in [9.17, 15) is 4.79 Å². The maximum absolute atomic E-state index is 12.7. The van der Waals surface area contributed by atoms with Gasteiger partial charge in [-0.3, -0.25) is 4.68 Å².